The van der Waals surface area contributed by atoms with E-state index < -0.39 is 45.8 Å². The molecule has 30 heavy (non-hydrogen) atoms. The molecule has 0 unspecified atom stereocenters. The molecule has 162 valence electrons. The number of carbonyl (C=O) groups excluding carboxylic acids is 2. The Bertz CT molecular complexity index is 1030. The highest BCUT2D eigenvalue weighted by Gasteiger charge is 2.25. The first kappa shape index (κ1) is 23.4. The van der Waals surface area contributed by atoms with Crippen LogP contribution in [-0.4, -0.2) is 44.3 Å². The van der Waals surface area contributed by atoms with Crippen LogP contribution in [0.25, 0.3) is 0 Å². The number of esters is 1. The first-order valence-corrected chi connectivity index (χ1v) is 10.6. The molecule has 0 aliphatic carbocycles. The van der Waals surface area contributed by atoms with Crippen LogP contribution in [0.5, 0.6) is 0 Å². The molecule has 0 aliphatic rings. The zero-order chi connectivity index (χ0) is 22.5. The monoisotopic (exact) mass is 440 g/mol. The zero-order valence-electron chi connectivity index (χ0n) is 16.7. The number of benzene rings is 2. The predicted molar refractivity (Wildman–Crippen MR) is 107 cm³/mol. The maximum Gasteiger partial charge on any atom is 0.338 e. The highest BCUT2D eigenvalue weighted by Crippen LogP contribution is 2.22. The van der Waals surface area contributed by atoms with Crippen LogP contribution < -0.4 is 5.32 Å². The van der Waals surface area contributed by atoms with E-state index >= 15 is 0 Å². The zero-order valence-corrected chi connectivity index (χ0v) is 17.6. The van der Waals surface area contributed by atoms with Crippen LogP contribution in [0, 0.1) is 18.6 Å². The summed E-state index contributed by atoms with van der Waals surface area (Å²) in [7, 11) is -3.81. The standard InChI is InChI=1S/C20H22F2N2O5S/c1-4-24(5-2)30(27,28)17-11-14(10-9-13(17)3)20(26)29-12-18(25)23-19-15(21)7-6-8-16(19)22/h6-11H,4-5,12H2,1-3H3,(H,23,25). The van der Waals surface area contributed by atoms with Crippen molar-refractivity contribution in [2.24, 2.45) is 0 Å². The first-order chi connectivity index (χ1) is 14.1. The second kappa shape index (κ2) is 9.77. The van der Waals surface area contributed by atoms with Crippen molar-refractivity contribution in [1.29, 1.82) is 0 Å². The number of sulfonamides is 1. The third kappa shape index (κ3) is 5.19. The molecule has 10 heteroatoms. The molecular formula is C20H22F2N2O5S. The van der Waals surface area contributed by atoms with Gasteiger partial charge in [0, 0.05) is 13.1 Å². The lowest BCUT2D eigenvalue weighted by Crippen LogP contribution is -2.31. The van der Waals surface area contributed by atoms with E-state index in [1.54, 1.807) is 20.8 Å². The van der Waals surface area contributed by atoms with Gasteiger partial charge in [-0.3, -0.25) is 4.79 Å². The van der Waals surface area contributed by atoms with Crippen molar-refractivity contribution in [3.8, 4) is 0 Å². The maximum absolute atomic E-state index is 13.6. The number of ether oxygens (including phenoxy) is 1. The van der Waals surface area contributed by atoms with Gasteiger partial charge in [-0.15, -0.1) is 0 Å². The average Bonchev–Trinajstić information content (AvgIpc) is 2.70. The van der Waals surface area contributed by atoms with Gasteiger partial charge in [0.15, 0.2) is 6.61 Å². The first-order valence-electron chi connectivity index (χ1n) is 9.13. The minimum atomic E-state index is -3.81. The van der Waals surface area contributed by atoms with Crippen molar-refractivity contribution in [2.75, 3.05) is 25.0 Å². The van der Waals surface area contributed by atoms with E-state index in [1.165, 1.54) is 22.5 Å². The van der Waals surface area contributed by atoms with Crippen molar-refractivity contribution in [1.82, 2.24) is 4.31 Å². The quantitative estimate of drug-likeness (QED) is 0.637. The van der Waals surface area contributed by atoms with Crippen LogP contribution in [0.15, 0.2) is 41.3 Å². The number of aryl methyl sites for hydroxylation is 1. The summed E-state index contributed by atoms with van der Waals surface area (Å²) < 4.78 is 58.8. The molecular weight excluding hydrogens is 418 g/mol. The number of anilines is 1. The highest BCUT2D eigenvalue weighted by molar-refractivity contribution is 7.89. The fourth-order valence-corrected chi connectivity index (χ4v) is 4.42. The summed E-state index contributed by atoms with van der Waals surface area (Å²) >= 11 is 0. The Morgan fingerprint density at radius 3 is 2.23 bits per heavy atom. The third-order valence-electron chi connectivity index (χ3n) is 4.31. The number of amides is 1. The van der Waals surface area contributed by atoms with Gasteiger partial charge < -0.3 is 10.1 Å². The Balaban J connectivity index is 2.13. The molecule has 0 saturated carbocycles. The van der Waals surface area contributed by atoms with Crippen LogP contribution >= 0.6 is 0 Å². The SMILES string of the molecule is CCN(CC)S(=O)(=O)c1cc(C(=O)OCC(=O)Nc2c(F)cccc2F)ccc1C. The topological polar surface area (TPSA) is 92.8 Å². The minimum Gasteiger partial charge on any atom is -0.452 e. The second-order valence-corrected chi connectivity index (χ2v) is 8.20. The normalized spacial score (nSPS) is 11.4. The molecule has 0 heterocycles. The van der Waals surface area contributed by atoms with Gasteiger partial charge in [-0.2, -0.15) is 4.31 Å². The van der Waals surface area contributed by atoms with Gasteiger partial charge in [0.25, 0.3) is 5.91 Å². The van der Waals surface area contributed by atoms with Gasteiger partial charge in [-0.05, 0) is 36.8 Å². The van der Waals surface area contributed by atoms with Gasteiger partial charge in [-0.25, -0.2) is 22.0 Å². The molecule has 0 radical (unpaired) electrons. The molecule has 0 atom stereocenters. The van der Waals surface area contributed by atoms with E-state index in [-0.39, 0.29) is 23.5 Å². The molecule has 2 aromatic carbocycles. The summed E-state index contributed by atoms with van der Waals surface area (Å²) in [4.78, 5) is 24.1. The third-order valence-corrected chi connectivity index (χ3v) is 6.50. The number of nitrogens with zero attached hydrogens (tertiary/aromatic N) is 1. The van der Waals surface area contributed by atoms with E-state index in [9.17, 15) is 26.8 Å². The summed E-state index contributed by atoms with van der Waals surface area (Å²) in [5, 5.41) is 1.99. The van der Waals surface area contributed by atoms with Gasteiger partial charge in [0.2, 0.25) is 10.0 Å². The van der Waals surface area contributed by atoms with E-state index in [0.717, 1.165) is 18.2 Å². The molecule has 2 aromatic rings. The Kier molecular flexibility index (Phi) is 7.63. The van der Waals surface area contributed by atoms with E-state index in [1.807, 2.05) is 5.32 Å². The summed E-state index contributed by atoms with van der Waals surface area (Å²) in [5.41, 5.74) is -0.274. The maximum atomic E-state index is 13.6. The van der Waals surface area contributed by atoms with E-state index in [0.29, 0.717) is 5.56 Å². The van der Waals surface area contributed by atoms with Gasteiger partial charge in [0.05, 0.1) is 10.5 Å². The fourth-order valence-electron chi connectivity index (χ4n) is 2.71. The minimum absolute atomic E-state index is 0.0430. The van der Waals surface area contributed by atoms with Crippen LogP contribution in [0.2, 0.25) is 0 Å². The highest BCUT2D eigenvalue weighted by atomic mass is 32.2. The van der Waals surface area contributed by atoms with Crippen LogP contribution in [0.4, 0.5) is 14.5 Å². The molecule has 2 rings (SSSR count). The molecule has 0 spiro atoms. The average molecular weight is 440 g/mol. The van der Waals surface area contributed by atoms with Crippen molar-refractivity contribution in [2.45, 2.75) is 25.7 Å². The molecule has 0 aliphatic heterocycles. The molecule has 7 nitrogen and oxygen atoms in total. The van der Waals surface area contributed by atoms with Gasteiger partial charge in [0.1, 0.15) is 17.3 Å². The molecule has 1 N–H and O–H groups in total. The number of hydrogen-bond donors (Lipinski definition) is 1. The molecule has 0 fully saturated rings. The number of carbonyl (C=O) groups is 2. The lowest BCUT2D eigenvalue weighted by Gasteiger charge is -2.20. The Morgan fingerprint density at radius 1 is 1.07 bits per heavy atom. The Hall–Kier alpha value is -2.85. The molecule has 0 saturated heterocycles. The van der Waals surface area contributed by atoms with Crippen molar-refractivity contribution in [3.05, 3.63) is 59.2 Å². The van der Waals surface area contributed by atoms with Gasteiger partial charge >= 0.3 is 5.97 Å². The summed E-state index contributed by atoms with van der Waals surface area (Å²) in [6.07, 6.45) is 0. The van der Waals surface area contributed by atoms with Crippen molar-refractivity contribution >= 4 is 27.6 Å². The summed E-state index contributed by atoms with van der Waals surface area (Å²) in [5.74, 6) is -3.84. The van der Waals surface area contributed by atoms with Gasteiger partial charge in [-0.1, -0.05) is 26.0 Å². The smallest absolute Gasteiger partial charge is 0.338 e. The van der Waals surface area contributed by atoms with Crippen LogP contribution in [-0.2, 0) is 19.6 Å². The Labute approximate surface area is 173 Å². The lowest BCUT2D eigenvalue weighted by atomic mass is 10.1. The fraction of sp³-hybridized carbons (Fsp3) is 0.300. The van der Waals surface area contributed by atoms with Crippen LogP contribution in [0.3, 0.4) is 0 Å². The van der Waals surface area contributed by atoms with Crippen molar-refractivity contribution < 1.29 is 31.5 Å². The molecule has 1 amide bonds. The number of hydrogen-bond acceptors (Lipinski definition) is 5. The lowest BCUT2D eigenvalue weighted by molar-refractivity contribution is -0.119. The molecule has 0 aromatic heterocycles. The predicted octanol–water partition coefficient (Wildman–Crippen LogP) is 3.10. The number of rotatable bonds is 8. The van der Waals surface area contributed by atoms with Crippen LogP contribution in [0.1, 0.15) is 29.8 Å². The number of nitrogens with one attached hydrogen (secondary N) is 1. The van der Waals surface area contributed by atoms with E-state index in [2.05, 4.69) is 0 Å². The summed E-state index contributed by atoms with van der Waals surface area (Å²) in [6.45, 7) is 4.72. The second-order valence-electron chi connectivity index (χ2n) is 6.29. The van der Waals surface area contributed by atoms with Crippen molar-refractivity contribution in [3.63, 3.8) is 0 Å². The Morgan fingerprint density at radius 2 is 1.67 bits per heavy atom. The largest absolute Gasteiger partial charge is 0.452 e. The number of para-hydroxylation sites is 1. The number of halogens is 2. The summed E-state index contributed by atoms with van der Waals surface area (Å²) in [6, 6.07) is 7.08. The molecule has 0 bridgehead atoms. The van der Waals surface area contributed by atoms with E-state index in [4.69, 9.17) is 4.74 Å².